The lowest BCUT2D eigenvalue weighted by Gasteiger charge is -2.35. The van der Waals surface area contributed by atoms with Crippen molar-refractivity contribution in [2.24, 2.45) is 0 Å². The van der Waals surface area contributed by atoms with Crippen LogP contribution in [0.15, 0.2) is 17.5 Å². The van der Waals surface area contributed by atoms with Gasteiger partial charge in [-0.2, -0.15) is 0 Å². The first-order chi connectivity index (χ1) is 9.20. The van der Waals surface area contributed by atoms with E-state index in [0.29, 0.717) is 6.04 Å². The second-order valence-corrected chi connectivity index (χ2v) is 6.00. The van der Waals surface area contributed by atoms with Crippen LogP contribution in [0.1, 0.15) is 43.0 Å². The van der Waals surface area contributed by atoms with Crippen molar-refractivity contribution in [1.82, 2.24) is 4.90 Å². The van der Waals surface area contributed by atoms with Gasteiger partial charge in [-0.05, 0) is 48.9 Å². The van der Waals surface area contributed by atoms with E-state index in [0.717, 1.165) is 12.1 Å². The third-order valence-corrected chi connectivity index (χ3v) is 4.67. The van der Waals surface area contributed by atoms with Gasteiger partial charge in [0.05, 0.1) is 0 Å². The van der Waals surface area contributed by atoms with Crippen LogP contribution in [0, 0.1) is 0 Å². The largest absolute Gasteiger partial charge is 0.478 e. The number of thiophene rings is 1. The third-order valence-electron chi connectivity index (χ3n) is 3.75. The van der Waals surface area contributed by atoms with Crippen molar-refractivity contribution in [2.45, 2.75) is 45.2 Å². The van der Waals surface area contributed by atoms with Crippen LogP contribution in [0.2, 0.25) is 0 Å². The van der Waals surface area contributed by atoms with Crippen LogP contribution in [0.3, 0.4) is 0 Å². The standard InChI is InChI=1S/C15H21NO2S/c1-2-13-5-3-4-9-16(13)11-14-12(8-10-19-14)6-7-15(17)18/h6-8,10,13H,2-5,9,11H2,1H3,(H,17,18). The molecule has 4 heteroatoms. The molecule has 0 amide bonds. The summed E-state index contributed by atoms with van der Waals surface area (Å²) in [7, 11) is 0. The molecule has 0 bridgehead atoms. The maximum absolute atomic E-state index is 10.6. The highest BCUT2D eigenvalue weighted by Crippen LogP contribution is 2.26. The monoisotopic (exact) mass is 279 g/mol. The van der Waals surface area contributed by atoms with Gasteiger partial charge in [0.15, 0.2) is 0 Å². The Labute approximate surface area is 118 Å². The second-order valence-electron chi connectivity index (χ2n) is 5.00. The molecule has 0 aliphatic carbocycles. The number of aliphatic carboxylic acids is 1. The molecule has 1 aliphatic heterocycles. The van der Waals surface area contributed by atoms with E-state index < -0.39 is 5.97 Å². The number of rotatable bonds is 5. The van der Waals surface area contributed by atoms with Gasteiger partial charge in [-0.15, -0.1) is 11.3 Å². The summed E-state index contributed by atoms with van der Waals surface area (Å²) in [5.41, 5.74) is 1.05. The first-order valence-electron chi connectivity index (χ1n) is 6.92. The highest BCUT2D eigenvalue weighted by Gasteiger charge is 2.21. The minimum atomic E-state index is -0.887. The number of carboxylic acid groups (broad SMARTS) is 1. The molecule has 19 heavy (non-hydrogen) atoms. The van der Waals surface area contributed by atoms with Gasteiger partial charge >= 0.3 is 5.97 Å². The Morgan fingerprint density at radius 3 is 3.16 bits per heavy atom. The summed E-state index contributed by atoms with van der Waals surface area (Å²) in [4.78, 5) is 14.4. The smallest absolute Gasteiger partial charge is 0.328 e. The zero-order chi connectivity index (χ0) is 13.7. The zero-order valence-electron chi connectivity index (χ0n) is 11.3. The lowest BCUT2D eigenvalue weighted by molar-refractivity contribution is -0.131. The minimum absolute atomic E-state index is 0.687. The van der Waals surface area contributed by atoms with Crippen molar-refractivity contribution in [1.29, 1.82) is 0 Å². The van der Waals surface area contributed by atoms with Gasteiger partial charge in [0.2, 0.25) is 0 Å². The highest BCUT2D eigenvalue weighted by molar-refractivity contribution is 7.10. The SMILES string of the molecule is CCC1CCCCN1Cc1sccc1C=CC(=O)O. The molecule has 104 valence electrons. The van der Waals surface area contributed by atoms with Crippen LogP contribution in [0.5, 0.6) is 0 Å². The molecule has 0 spiro atoms. The molecule has 1 fully saturated rings. The van der Waals surface area contributed by atoms with E-state index >= 15 is 0 Å². The van der Waals surface area contributed by atoms with Gasteiger partial charge < -0.3 is 5.11 Å². The summed E-state index contributed by atoms with van der Waals surface area (Å²) >= 11 is 1.72. The molecule has 1 aliphatic rings. The molecule has 2 rings (SSSR count). The van der Waals surface area contributed by atoms with E-state index in [1.54, 1.807) is 17.4 Å². The predicted octanol–water partition coefficient (Wildman–Crippen LogP) is 3.61. The minimum Gasteiger partial charge on any atom is -0.478 e. The van der Waals surface area contributed by atoms with E-state index in [4.69, 9.17) is 5.11 Å². The van der Waals surface area contributed by atoms with Crippen molar-refractivity contribution < 1.29 is 9.90 Å². The fourth-order valence-corrected chi connectivity index (χ4v) is 3.59. The number of nitrogens with zero attached hydrogens (tertiary/aromatic N) is 1. The van der Waals surface area contributed by atoms with Gasteiger partial charge in [0.1, 0.15) is 0 Å². The Morgan fingerprint density at radius 1 is 1.58 bits per heavy atom. The van der Waals surface area contributed by atoms with Crippen LogP contribution in [0.25, 0.3) is 6.08 Å². The molecule has 1 atom stereocenters. The van der Waals surface area contributed by atoms with Gasteiger partial charge in [-0.3, -0.25) is 4.90 Å². The number of piperidine rings is 1. The Balaban J connectivity index is 2.06. The van der Waals surface area contributed by atoms with Crippen LogP contribution < -0.4 is 0 Å². The number of hydrogen-bond donors (Lipinski definition) is 1. The molecule has 3 nitrogen and oxygen atoms in total. The quantitative estimate of drug-likeness (QED) is 0.837. The van der Waals surface area contributed by atoms with Crippen molar-refractivity contribution in [3.8, 4) is 0 Å². The van der Waals surface area contributed by atoms with Crippen molar-refractivity contribution in [3.05, 3.63) is 28.0 Å². The Bertz CT molecular complexity index is 453. The molecule has 1 aromatic heterocycles. The molecular weight excluding hydrogens is 258 g/mol. The first kappa shape index (κ1) is 14.3. The summed E-state index contributed by atoms with van der Waals surface area (Å²) < 4.78 is 0. The summed E-state index contributed by atoms with van der Waals surface area (Å²) in [6.45, 7) is 4.37. The van der Waals surface area contributed by atoms with Crippen molar-refractivity contribution in [3.63, 3.8) is 0 Å². The molecule has 0 aromatic carbocycles. The number of carboxylic acids is 1. The first-order valence-corrected chi connectivity index (χ1v) is 7.80. The third kappa shape index (κ3) is 3.91. The fourth-order valence-electron chi connectivity index (χ4n) is 2.70. The molecule has 2 heterocycles. The van der Waals surface area contributed by atoms with E-state index in [1.165, 1.54) is 43.2 Å². The van der Waals surface area contributed by atoms with Gasteiger partial charge in [-0.25, -0.2) is 4.79 Å². The summed E-state index contributed by atoms with van der Waals surface area (Å²) in [5.74, 6) is -0.887. The molecular formula is C15H21NO2S. The average Bonchev–Trinajstić information content (AvgIpc) is 2.84. The highest BCUT2D eigenvalue weighted by atomic mass is 32.1. The Morgan fingerprint density at radius 2 is 2.42 bits per heavy atom. The van der Waals surface area contributed by atoms with Crippen LogP contribution >= 0.6 is 11.3 Å². The van der Waals surface area contributed by atoms with Crippen LogP contribution in [-0.2, 0) is 11.3 Å². The summed E-state index contributed by atoms with van der Waals surface area (Å²) in [6.07, 6.45) is 8.04. The summed E-state index contributed by atoms with van der Waals surface area (Å²) in [6, 6.07) is 2.69. The molecule has 0 saturated carbocycles. The Hall–Kier alpha value is -1.13. The molecule has 0 radical (unpaired) electrons. The lowest BCUT2D eigenvalue weighted by atomic mass is 10.00. The van der Waals surface area contributed by atoms with Gasteiger partial charge in [0.25, 0.3) is 0 Å². The zero-order valence-corrected chi connectivity index (χ0v) is 12.2. The van der Waals surface area contributed by atoms with Crippen LogP contribution in [-0.4, -0.2) is 28.6 Å². The van der Waals surface area contributed by atoms with Crippen molar-refractivity contribution in [2.75, 3.05) is 6.54 Å². The lowest BCUT2D eigenvalue weighted by Crippen LogP contribution is -2.38. The maximum atomic E-state index is 10.6. The topological polar surface area (TPSA) is 40.5 Å². The maximum Gasteiger partial charge on any atom is 0.328 e. The Kier molecular flexibility index (Phi) is 5.16. The predicted molar refractivity (Wildman–Crippen MR) is 79.3 cm³/mol. The normalized spacial score (nSPS) is 21.0. The van der Waals surface area contributed by atoms with E-state index in [1.807, 2.05) is 11.4 Å². The van der Waals surface area contributed by atoms with E-state index in [9.17, 15) is 4.79 Å². The average molecular weight is 279 g/mol. The van der Waals surface area contributed by atoms with Gasteiger partial charge in [-0.1, -0.05) is 13.3 Å². The molecule has 1 N–H and O–H groups in total. The molecule has 1 aromatic rings. The van der Waals surface area contributed by atoms with E-state index in [2.05, 4.69) is 11.8 Å². The number of hydrogen-bond acceptors (Lipinski definition) is 3. The molecule has 1 saturated heterocycles. The molecule has 1 unspecified atom stereocenters. The number of likely N-dealkylation sites (tertiary alicyclic amines) is 1. The van der Waals surface area contributed by atoms with Crippen LogP contribution in [0.4, 0.5) is 0 Å². The second kappa shape index (κ2) is 6.87. The number of carbonyl (C=O) groups is 1. The van der Waals surface area contributed by atoms with Crippen molar-refractivity contribution >= 4 is 23.4 Å². The van der Waals surface area contributed by atoms with Gasteiger partial charge in [0, 0.05) is 23.5 Å². The fraction of sp³-hybridized carbons (Fsp3) is 0.533. The van der Waals surface area contributed by atoms with E-state index in [-0.39, 0.29) is 0 Å². The summed E-state index contributed by atoms with van der Waals surface area (Å²) in [5, 5.41) is 10.8.